The first kappa shape index (κ1) is 13.6. The average molecular weight is 326 g/mol. The second-order valence-electron chi connectivity index (χ2n) is 4.84. The lowest BCUT2D eigenvalue weighted by atomic mass is 10.2. The molecule has 0 bridgehead atoms. The molecule has 0 unspecified atom stereocenters. The first-order valence-electron chi connectivity index (χ1n) is 6.79. The highest BCUT2D eigenvalue weighted by Crippen LogP contribution is 2.17. The van der Waals surface area contributed by atoms with Gasteiger partial charge in [0.2, 0.25) is 0 Å². The minimum atomic E-state index is -0.574. The molecule has 2 N–H and O–H groups in total. The fourth-order valence-electron chi connectivity index (χ4n) is 2.31. The number of aromatic amines is 2. The number of carbonyl (C=O) groups is 1. The van der Waals surface area contributed by atoms with Crippen molar-refractivity contribution in [2.24, 2.45) is 0 Å². The zero-order chi connectivity index (χ0) is 15.8. The Bertz CT molecular complexity index is 1080. The Hall–Kier alpha value is -3.00. The first-order valence-corrected chi connectivity index (χ1v) is 7.67. The number of carbonyl (C=O) groups excluding carboxylic acids is 1. The number of fused-ring (bicyclic) bond motifs is 2. The summed E-state index contributed by atoms with van der Waals surface area (Å²) in [5, 5.41) is 9.23. The van der Waals surface area contributed by atoms with Crippen LogP contribution in [0.1, 0.15) is 16.3 Å². The summed E-state index contributed by atoms with van der Waals surface area (Å²) in [5.41, 5.74) is 1.32. The van der Waals surface area contributed by atoms with Crippen LogP contribution in [0.5, 0.6) is 0 Å². The van der Waals surface area contributed by atoms with Gasteiger partial charge in [-0.25, -0.2) is 9.78 Å². The van der Waals surface area contributed by atoms with Crippen LogP contribution in [-0.4, -0.2) is 26.1 Å². The molecular formula is C15H10N4O3S. The summed E-state index contributed by atoms with van der Waals surface area (Å²) in [6, 6.07) is 9.02. The Balaban J connectivity index is 1.58. The van der Waals surface area contributed by atoms with Gasteiger partial charge in [0.25, 0.3) is 5.56 Å². The molecule has 1 aromatic carbocycles. The van der Waals surface area contributed by atoms with E-state index in [1.807, 2.05) is 18.2 Å². The van der Waals surface area contributed by atoms with Gasteiger partial charge in [-0.05, 0) is 17.5 Å². The highest BCUT2D eigenvalue weighted by Gasteiger charge is 2.16. The summed E-state index contributed by atoms with van der Waals surface area (Å²) in [6.07, 6.45) is 0. The van der Waals surface area contributed by atoms with Gasteiger partial charge in [-0.1, -0.05) is 18.2 Å². The Kier molecular flexibility index (Phi) is 3.16. The maximum absolute atomic E-state index is 12.2. The first-order chi connectivity index (χ1) is 11.2. The van der Waals surface area contributed by atoms with Crippen LogP contribution in [0, 0.1) is 0 Å². The van der Waals surface area contributed by atoms with Crippen LogP contribution in [0.2, 0.25) is 0 Å². The molecule has 0 saturated heterocycles. The fraction of sp³-hybridized carbons (Fsp3) is 0.0667. The molecule has 4 aromatic rings. The maximum Gasteiger partial charge on any atom is 0.359 e. The van der Waals surface area contributed by atoms with Gasteiger partial charge in [-0.15, -0.1) is 11.3 Å². The average Bonchev–Trinajstić information content (AvgIpc) is 3.19. The third-order valence-electron chi connectivity index (χ3n) is 3.37. The number of ether oxygens (including phenoxy) is 1. The van der Waals surface area contributed by atoms with Gasteiger partial charge in [-0.2, -0.15) is 5.10 Å². The SMILES string of the molecule is O=C(OCc1nc2ccsc2c(=O)[nH]1)c1n[nH]c2ccccc12. The van der Waals surface area contributed by atoms with Gasteiger partial charge in [0.05, 0.1) is 11.0 Å². The fourth-order valence-corrected chi connectivity index (χ4v) is 3.04. The summed E-state index contributed by atoms with van der Waals surface area (Å²) in [7, 11) is 0. The molecule has 0 fully saturated rings. The number of thiophene rings is 1. The Labute approximate surface area is 132 Å². The lowest BCUT2D eigenvalue weighted by molar-refractivity contribution is 0.0457. The molecule has 0 amide bonds. The molecule has 3 heterocycles. The van der Waals surface area contributed by atoms with Crippen LogP contribution in [0.4, 0.5) is 0 Å². The molecule has 4 rings (SSSR count). The van der Waals surface area contributed by atoms with E-state index < -0.39 is 5.97 Å². The quantitative estimate of drug-likeness (QED) is 0.562. The van der Waals surface area contributed by atoms with Crippen LogP contribution in [0.15, 0.2) is 40.5 Å². The highest BCUT2D eigenvalue weighted by molar-refractivity contribution is 7.17. The molecule has 8 heteroatoms. The van der Waals surface area contributed by atoms with E-state index in [0.717, 1.165) is 5.52 Å². The summed E-state index contributed by atoms with van der Waals surface area (Å²) in [5.74, 6) is -0.274. The topological polar surface area (TPSA) is 101 Å². The van der Waals surface area contributed by atoms with Gasteiger partial charge in [0.1, 0.15) is 17.1 Å². The second-order valence-corrected chi connectivity index (χ2v) is 5.76. The number of aromatic nitrogens is 4. The van der Waals surface area contributed by atoms with E-state index in [0.29, 0.717) is 21.4 Å². The third kappa shape index (κ3) is 2.38. The van der Waals surface area contributed by atoms with E-state index >= 15 is 0 Å². The van der Waals surface area contributed by atoms with Crippen molar-refractivity contribution in [2.75, 3.05) is 0 Å². The number of benzene rings is 1. The van der Waals surface area contributed by atoms with E-state index in [2.05, 4.69) is 20.2 Å². The summed E-state index contributed by atoms with van der Waals surface area (Å²) >= 11 is 1.32. The van der Waals surface area contributed by atoms with Crippen molar-refractivity contribution in [1.82, 2.24) is 20.2 Å². The molecule has 3 aromatic heterocycles. The zero-order valence-corrected chi connectivity index (χ0v) is 12.5. The molecule has 7 nitrogen and oxygen atoms in total. The van der Waals surface area contributed by atoms with Crippen molar-refractivity contribution >= 4 is 38.4 Å². The Morgan fingerprint density at radius 1 is 1.26 bits per heavy atom. The maximum atomic E-state index is 12.2. The standard InChI is InChI=1S/C15H10N4O3S/c20-14-13-10(5-6-23-13)16-11(17-14)7-22-15(21)12-8-3-1-2-4-9(8)18-19-12/h1-6H,7H2,(H,18,19)(H,16,17,20). The summed E-state index contributed by atoms with van der Waals surface area (Å²) in [4.78, 5) is 30.9. The van der Waals surface area contributed by atoms with Crippen LogP contribution >= 0.6 is 11.3 Å². The van der Waals surface area contributed by atoms with Crippen LogP contribution in [-0.2, 0) is 11.3 Å². The molecule has 0 aliphatic carbocycles. The Morgan fingerprint density at radius 3 is 3.04 bits per heavy atom. The number of nitrogens with zero attached hydrogens (tertiary/aromatic N) is 2. The molecule has 0 aliphatic rings. The van der Waals surface area contributed by atoms with Gasteiger partial charge in [0, 0.05) is 5.39 Å². The third-order valence-corrected chi connectivity index (χ3v) is 4.27. The lowest BCUT2D eigenvalue weighted by Gasteiger charge is -2.03. The van der Waals surface area contributed by atoms with E-state index in [1.54, 1.807) is 17.5 Å². The summed E-state index contributed by atoms with van der Waals surface area (Å²) in [6.45, 7) is -0.124. The van der Waals surface area contributed by atoms with Crippen molar-refractivity contribution in [3.63, 3.8) is 0 Å². The van der Waals surface area contributed by atoms with E-state index in [9.17, 15) is 9.59 Å². The molecule has 0 aliphatic heterocycles. The van der Waals surface area contributed by atoms with Crippen molar-refractivity contribution in [2.45, 2.75) is 6.61 Å². The van der Waals surface area contributed by atoms with Gasteiger partial charge >= 0.3 is 5.97 Å². The molecular weight excluding hydrogens is 316 g/mol. The number of hydrogen-bond acceptors (Lipinski definition) is 6. The second kappa shape index (κ2) is 5.33. The number of esters is 1. The van der Waals surface area contributed by atoms with Crippen LogP contribution < -0.4 is 5.56 Å². The van der Waals surface area contributed by atoms with Crippen LogP contribution in [0.25, 0.3) is 21.1 Å². The molecule has 23 heavy (non-hydrogen) atoms. The summed E-state index contributed by atoms with van der Waals surface area (Å²) < 4.78 is 5.76. The molecule has 0 spiro atoms. The van der Waals surface area contributed by atoms with Crippen molar-refractivity contribution < 1.29 is 9.53 Å². The van der Waals surface area contributed by atoms with Crippen LogP contribution in [0.3, 0.4) is 0 Å². The highest BCUT2D eigenvalue weighted by atomic mass is 32.1. The minimum absolute atomic E-state index is 0.124. The monoisotopic (exact) mass is 326 g/mol. The number of hydrogen-bond donors (Lipinski definition) is 2. The normalized spacial score (nSPS) is 11.1. The number of H-pyrrole nitrogens is 2. The minimum Gasteiger partial charge on any atom is -0.453 e. The lowest BCUT2D eigenvalue weighted by Crippen LogP contribution is -2.13. The largest absolute Gasteiger partial charge is 0.453 e. The van der Waals surface area contributed by atoms with E-state index in [1.165, 1.54) is 11.3 Å². The van der Waals surface area contributed by atoms with Crippen molar-refractivity contribution in [1.29, 1.82) is 0 Å². The number of para-hydroxylation sites is 1. The van der Waals surface area contributed by atoms with E-state index in [-0.39, 0.29) is 17.9 Å². The molecule has 0 atom stereocenters. The number of nitrogens with one attached hydrogen (secondary N) is 2. The predicted molar refractivity (Wildman–Crippen MR) is 85.5 cm³/mol. The van der Waals surface area contributed by atoms with Crippen molar-refractivity contribution in [3.05, 3.63) is 57.6 Å². The van der Waals surface area contributed by atoms with Gasteiger partial charge in [0.15, 0.2) is 5.69 Å². The smallest absolute Gasteiger partial charge is 0.359 e. The zero-order valence-electron chi connectivity index (χ0n) is 11.7. The molecule has 114 valence electrons. The molecule has 0 saturated carbocycles. The van der Waals surface area contributed by atoms with E-state index in [4.69, 9.17) is 4.74 Å². The van der Waals surface area contributed by atoms with Gasteiger partial charge < -0.3 is 9.72 Å². The predicted octanol–water partition coefficient (Wildman–Crippen LogP) is 2.22. The van der Waals surface area contributed by atoms with Crippen molar-refractivity contribution in [3.8, 4) is 0 Å². The van der Waals surface area contributed by atoms with Gasteiger partial charge in [-0.3, -0.25) is 9.89 Å². The Morgan fingerprint density at radius 2 is 2.13 bits per heavy atom. The number of rotatable bonds is 3. The molecule has 0 radical (unpaired) electrons.